The molecule has 0 spiro atoms. The highest BCUT2D eigenvalue weighted by Gasteiger charge is 2.21. The Morgan fingerprint density at radius 1 is 1.27 bits per heavy atom. The summed E-state index contributed by atoms with van der Waals surface area (Å²) in [6.07, 6.45) is 0.647. The third-order valence-electron chi connectivity index (χ3n) is 2.02. The monoisotopic (exact) mass is 219 g/mol. The van der Waals surface area contributed by atoms with Gasteiger partial charge in [-0.3, -0.25) is 14.5 Å². The molecule has 15 heavy (non-hydrogen) atoms. The number of aliphatic carboxylic acids is 2. The lowest BCUT2D eigenvalue weighted by Crippen LogP contribution is -2.44. The molecule has 0 bridgehead atoms. The van der Waals surface area contributed by atoms with E-state index in [9.17, 15) is 9.59 Å². The molecule has 0 amide bonds. The average molecular weight is 219 g/mol. The van der Waals surface area contributed by atoms with Crippen LogP contribution in [0.25, 0.3) is 0 Å². The van der Waals surface area contributed by atoms with Crippen molar-refractivity contribution in [2.24, 2.45) is 0 Å². The molecule has 0 saturated carbocycles. The second-order valence-electron chi connectivity index (χ2n) is 3.21. The van der Waals surface area contributed by atoms with Crippen LogP contribution in [0.4, 0.5) is 0 Å². The molecular weight excluding hydrogens is 202 g/mol. The number of carbonyl (C=O) groups is 2. The van der Waals surface area contributed by atoms with Crippen LogP contribution in [-0.4, -0.2) is 59.9 Å². The SMILES string of the molecule is CCC(COC)N(CC(=O)O)CC(=O)O. The smallest absolute Gasteiger partial charge is 0.317 e. The molecule has 0 aromatic rings. The molecule has 1 unspecified atom stereocenters. The van der Waals surface area contributed by atoms with Gasteiger partial charge >= 0.3 is 11.9 Å². The number of nitrogens with zero attached hydrogens (tertiary/aromatic N) is 1. The van der Waals surface area contributed by atoms with E-state index >= 15 is 0 Å². The zero-order chi connectivity index (χ0) is 11.8. The molecule has 0 aliphatic heterocycles. The van der Waals surface area contributed by atoms with E-state index in [1.54, 1.807) is 0 Å². The zero-order valence-corrected chi connectivity index (χ0v) is 8.97. The fraction of sp³-hybridized carbons (Fsp3) is 0.778. The minimum Gasteiger partial charge on any atom is -0.480 e. The quantitative estimate of drug-likeness (QED) is 0.592. The molecule has 0 aromatic carbocycles. The molecule has 0 aliphatic carbocycles. The molecule has 88 valence electrons. The van der Waals surface area contributed by atoms with Gasteiger partial charge in [0.05, 0.1) is 19.7 Å². The Hall–Kier alpha value is -1.14. The van der Waals surface area contributed by atoms with Gasteiger partial charge in [0.15, 0.2) is 0 Å². The highest BCUT2D eigenvalue weighted by molar-refractivity contribution is 5.72. The minimum atomic E-state index is -1.04. The Balaban J connectivity index is 4.41. The second kappa shape index (κ2) is 7.19. The Bertz CT molecular complexity index is 203. The van der Waals surface area contributed by atoms with Gasteiger partial charge in [0.25, 0.3) is 0 Å². The molecule has 6 heteroatoms. The molecule has 0 saturated heterocycles. The van der Waals surface area contributed by atoms with Gasteiger partial charge in [-0.2, -0.15) is 0 Å². The fourth-order valence-corrected chi connectivity index (χ4v) is 1.34. The molecule has 0 aliphatic rings. The molecule has 0 heterocycles. The maximum Gasteiger partial charge on any atom is 0.317 e. The summed E-state index contributed by atoms with van der Waals surface area (Å²) in [6.45, 7) is 1.62. The standard InChI is InChI=1S/C9H17NO5/c1-3-7(6-15-2)10(4-8(11)12)5-9(13)14/h7H,3-6H2,1-2H3,(H,11,12)(H,13,14). The predicted octanol–water partition coefficient (Wildman–Crippen LogP) is -0.117. The summed E-state index contributed by atoms with van der Waals surface area (Å²) in [7, 11) is 1.50. The van der Waals surface area contributed by atoms with Crippen LogP contribution in [0.1, 0.15) is 13.3 Å². The lowest BCUT2D eigenvalue weighted by Gasteiger charge is -2.27. The van der Waals surface area contributed by atoms with Crippen molar-refractivity contribution in [1.29, 1.82) is 0 Å². The first-order valence-corrected chi connectivity index (χ1v) is 4.67. The molecule has 0 rings (SSSR count). The topological polar surface area (TPSA) is 87.1 Å². The van der Waals surface area contributed by atoms with Crippen molar-refractivity contribution in [3.05, 3.63) is 0 Å². The van der Waals surface area contributed by atoms with Crippen LogP contribution in [0.3, 0.4) is 0 Å². The summed E-state index contributed by atoms with van der Waals surface area (Å²) in [5.74, 6) is -2.07. The average Bonchev–Trinajstić information content (AvgIpc) is 2.11. The van der Waals surface area contributed by atoms with E-state index in [1.807, 2.05) is 6.92 Å². The predicted molar refractivity (Wildman–Crippen MR) is 52.8 cm³/mol. The molecule has 0 fully saturated rings. The van der Waals surface area contributed by atoms with Gasteiger partial charge in [-0.1, -0.05) is 6.92 Å². The van der Waals surface area contributed by atoms with Crippen LogP contribution in [0.2, 0.25) is 0 Å². The summed E-state index contributed by atoms with van der Waals surface area (Å²) in [4.78, 5) is 22.5. The van der Waals surface area contributed by atoms with Gasteiger partial charge in [-0.25, -0.2) is 0 Å². The summed E-state index contributed by atoms with van der Waals surface area (Å²) in [5.41, 5.74) is 0. The van der Waals surface area contributed by atoms with E-state index in [-0.39, 0.29) is 19.1 Å². The van der Waals surface area contributed by atoms with Crippen LogP contribution in [0.5, 0.6) is 0 Å². The molecular formula is C9H17NO5. The van der Waals surface area contributed by atoms with Gasteiger partial charge < -0.3 is 14.9 Å². The fourth-order valence-electron chi connectivity index (χ4n) is 1.34. The largest absolute Gasteiger partial charge is 0.480 e. The van der Waals surface area contributed by atoms with E-state index in [1.165, 1.54) is 12.0 Å². The summed E-state index contributed by atoms with van der Waals surface area (Å²) < 4.78 is 4.91. The maximum atomic E-state index is 10.5. The van der Waals surface area contributed by atoms with Crippen LogP contribution in [-0.2, 0) is 14.3 Å². The number of ether oxygens (including phenoxy) is 1. The van der Waals surface area contributed by atoms with Crippen molar-refractivity contribution in [3.8, 4) is 0 Å². The zero-order valence-electron chi connectivity index (χ0n) is 8.97. The highest BCUT2D eigenvalue weighted by Crippen LogP contribution is 2.04. The summed E-state index contributed by atoms with van der Waals surface area (Å²) >= 11 is 0. The number of rotatable bonds is 8. The van der Waals surface area contributed by atoms with Crippen molar-refractivity contribution in [2.75, 3.05) is 26.8 Å². The summed E-state index contributed by atoms with van der Waals surface area (Å²) in [5, 5.41) is 17.3. The molecule has 6 nitrogen and oxygen atoms in total. The first kappa shape index (κ1) is 13.9. The first-order chi connectivity index (χ1) is 7.01. The normalized spacial score (nSPS) is 12.7. The first-order valence-electron chi connectivity index (χ1n) is 4.67. The van der Waals surface area contributed by atoms with E-state index in [0.717, 1.165) is 0 Å². The van der Waals surface area contributed by atoms with Crippen LogP contribution in [0, 0.1) is 0 Å². The summed E-state index contributed by atoms with van der Waals surface area (Å²) in [6, 6.07) is -0.179. The number of hydrogen-bond donors (Lipinski definition) is 2. The van der Waals surface area contributed by atoms with Crippen molar-refractivity contribution in [1.82, 2.24) is 4.90 Å². The van der Waals surface area contributed by atoms with Crippen molar-refractivity contribution in [3.63, 3.8) is 0 Å². The number of hydrogen-bond acceptors (Lipinski definition) is 4. The second-order valence-corrected chi connectivity index (χ2v) is 3.21. The van der Waals surface area contributed by atoms with Crippen LogP contribution < -0.4 is 0 Å². The Morgan fingerprint density at radius 3 is 2.00 bits per heavy atom. The maximum absolute atomic E-state index is 10.5. The van der Waals surface area contributed by atoms with Crippen molar-refractivity contribution < 1.29 is 24.5 Å². The lowest BCUT2D eigenvalue weighted by atomic mass is 10.2. The molecule has 1 atom stereocenters. The third kappa shape index (κ3) is 6.03. The Morgan fingerprint density at radius 2 is 1.73 bits per heavy atom. The van der Waals surface area contributed by atoms with E-state index in [4.69, 9.17) is 14.9 Å². The van der Waals surface area contributed by atoms with Gasteiger partial charge in [0, 0.05) is 13.2 Å². The minimum absolute atomic E-state index is 0.179. The van der Waals surface area contributed by atoms with E-state index in [2.05, 4.69) is 0 Å². The highest BCUT2D eigenvalue weighted by atomic mass is 16.5. The Labute approximate surface area is 88.4 Å². The van der Waals surface area contributed by atoms with Gasteiger partial charge in [-0.05, 0) is 6.42 Å². The number of methoxy groups -OCH3 is 1. The van der Waals surface area contributed by atoms with Gasteiger partial charge in [0.1, 0.15) is 0 Å². The van der Waals surface area contributed by atoms with E-state index < -0.39 is 11.9 Å². The van der Waals surface area contributed by atoms with Crippen molar-refractivity contribution >= 4 is 11.9 Å². The van der Waals surface area contributed by atoms with E-state index in [0.29, 0.717) is 13.0 Å². The van der Waals surface area contributed by atoms with Crippen molar-refractivity contribution in [2.45, 2.75) is 19.4 Å². The van der Waals surface area contributed by atoms with Gasteiger partial charge in [-0.15, -0.1) is 0 Å². The molecule has 2 N–H and O–H groups in total. The molecule has 0 radical (unpaired) electrons. The molecule has 0 aromatic heterocycles. The van der Waals surface area contributed by atoms with Crippen LogP contribution >= 0.6 is 0 Å². The van der Waals surface area contributed by atoms with Gasteiger partial charge in [0.2, 0.25) is 0 Å². The number of carboxylic acids is 2. The Kier molecular flexibility index (Phi) is 6.64. The lowest BCUT2D eigenvalue weighted by molar-refractivity contribution is -0.143. The number of carboxylic acid groups (broad SMARTS) is 2. The third-order valence-corrected chi connectivity index (χ3v) is 2.02. The van der Waals surface area contributed by atoms with Crippen LogP contribution in [0.15, 0.2) is 0 Å².